The Morgan fingerprint density at radius 2 is 1.70 bits per heavy atom. The minimum absolute atomic E-state index is 0. The molecule has 0 spiro atoms. The number of nitrogens with one attached hydrogen (secondary N) is 2. The Kier molecular flexibility index (Phi) is 5.59. The molecule has 0 amide bonds. The maximum absolute atomic E-state index is 5.95. The van der Waals surface area contributed by atoms with Gasteiger partial charge in [0.2, 0.25) is 0 Å². The second-order valence-electron chi connectivity index (χ2n) is 6.61. The highest BCUT2D eigenvalue weighted by Crippen LogP contribution is 2.30. The van der Waals surface area contributed by atoms with E-state index in [9.17, 15) is 0 Å². The molecule has 1 aliphatic rings. The van der Waals surface area contributed by atoms with E-state index in [2.05, 4.69) is 43.3 Å². The molecule has 114 valence electrons. The highest BCUT2D eigenvalue weighted by molar-refractivity contribution is 6.41. The second-order valence-corrected chi connectivity index (χ2v) is 7.38. The van der Waals surface area contributed by atoms with Crippen LogP contribution in [0.25, 0.3) is 0 Å². The molecule has 1 aromatic heterocycles. The zero-order valence-corrected chi connectivity index (χ0v) is 14.6. The number of nitrogens with zero attached hydrogens (tertiary/aromatic N) is 1. The molecule has 0 bridgehead atoms. The summed E-state index contributed by atoms with van der Waals surface area (Å²) in [5.41, 5.74) is 0.214. The van der Waals surface area contributed by atoms with Gasteiger partial charge >= 0.3 is 0 Å². The Morgan fingerprint density at radius 3 is 2.20 bits per heavy atom. The minimum Gasteiger partial charge on any atom is -0.367 e. The number of hydrogen-bond acceptors (Lipinski definition) is 3. The molecule has 6 heteroatoms. The van der Waals surface area contributed by atoms with Crippen molar-refractivity contribution in [3.63, 3.8) is 0 Å². The number of piperidine rings is 1. The SMILES string of the molecule is CC1(C)CC(Nc2ccc(Cl)c(Cl)n2)CC(C)(C)N1.Cl. The van der Waals surface area contributed by atoms with Crippen molar-refractivity contribution in [3.05, 3.63) is 22.3 Å². The lowest BCUT2D eigenvalue weighted by atomic mass is 9.79. The predicted octanol–water partition coefficient (Wildman–Crippen LogP) is 4.53. The van der Waals surface area contributed by atoms with E-state index >= 15 is 0 Å². The molecule has 0 aromatic carbocycles. The number of halogens is 3. The van der Waals surface area contributed by atoms with Gasteiger partial charge in [0.05, 0.1) is 5.02 Å². The Labute approximate surface area is 137 Å². The lowest BCUT2D eigenvalue weighted by molar-refractivity contribution is 0.170. The van der Waals surface area contributed by atoms with Crippen molar-refractivity contribution in [3.8, 4) is 0 Å². The van der Waals surface area contributed by atoms with E-state index in [-0.39, 0.29) is 23.5 Å². The van der Waals surface area contributed by atoms with Gasteiger partial charge in [0.25, 0.3) is 0 Å². The van der Waals surface area contributed by atoms with E-state index in [1.165, 1.54) is 0 Å². The summed E-state index contributed by atoms with van der Waals surface area (Å²) in [6.45, 7) is 8.91. The summed E-state index contributed by atoms with van der Waals surface area (Å²) in [6, 6.07) is 4.02. The Balaban J connectivity index is 0.00000200. The van der Waals surface area contributed by atoms with Gasteiger partial charge in [-0.15, -0.1) is 12.4 Å². The fourth-order valence-corrected chi connectivity index (χ4v) is 3.39. The van der Waals surface area contributed by atoms with Crippen LogP contribution in [0.3, 0.4) is 0 Å². The summed E-state index contributed by atoms with van der Waals surface area (Å²) < 4.78 is 0. The van der Waals surface area contributed by atoms with Gasteiger partial charge in [-0.3, -0.25) is 0 Å². The minimum atomic E-state index is 0. The van der Waals surface area contributed by atoms with Crippen LogP contribution < -0.4 is 10.6 Å². The first-order valence-corrected chi connectivity index (χ1v) is 7.30. The Bertz CT molecular complexity index is 459. The van der Waals surface area contributed by atoms with Gasteiger partial charge in [-0.05, 0) is 52.7 Å². The molecule has 20 heavy (non-hydrogen) atoms. The van der Waals surface area contributed by atoms with Crippen molar-refractivity contribution in [2.24, 2.45) is 0 Å². The third kappa shape index (κ3) is 4.66. The Morgan fingerprint density at radius 1 is 1.15 bits per heavy atom. The molecule has 2 heterocycles. The third-order valence-electron chi connectivity index (χ3n) is 3.35. The van der Waals surface area contributed by atoms with Crippen LogP contribution in [0.4, 0.5) is 5.82 Å². The monoisotopic (exact) mass is 337 g/mol. The van der Waals surface area contributed by atoms with Gasteiger partial charge < -0.3 is 10.6 Å². The van der Waals surface area contributed by atoms with E-state index in [4.69, 9.17) is 23.2 Å². The fraction of sp³-hybridized carbons (Fsp3) is 0.643. The van der Waals surface area contributed by atoms with Crippen molar-refractivity contribution in [2.45, 2.75) is 57.7 Å². The smallest absolute Gasteiger partial charge is 0.150 e. The summed E-state index contributed by atoms with van der Waals surface area (Å²) in [5.74, 6) is 0.785. The van der Waals surface area contributed by atoms with E-state index in [1.54, 1.807) is 6.07 Å². The fourth-order valence-electron chi connectivity index (χ4n) is 3.13. The van der Waals surface area contributed by atoms with Crippen LogP contribution in [-0.2, 0) is 0 Å². The second kappa shape index (κ2) is 6.27. The van der Waals surface area contributed by atoms with Crippen LogP contribution >= 0.6 is 35.6 Å². The molecular formula is C14H22Cl3N3. The molecule has 0 radical (unpaired) electrons. The topological polar surface area (TPSA) is 37.0 Å². The van der Waals surface area contributed by atoms with E-state index in [1.807, 2.05) is 6.07 Å². The van der Waals surface area contributed by atoms with Gasteiger partial charge in [0, 0.05) is 17.1 Å². The third-order valence-corrected chi connectivity index (χ3v) is 4.04. The van der Waals surface area contributed by atoms with E-state index in [0.717, 1.165) is 18.7 Å². The highest BCUT2D eigenvalue weighted by Gasteiger charge is 2.37. The van der Waals surface area contributed by atoms with Crippen LogP contribution in [0.2, 0.25) is 10.2 Å². The van der Waals surface area contributed by atoms with Crippen LogP contribution in [0.5, 0.6) is 0 Å². The Hall–Kier alpha value is -0.220. The quantitative estimate of drug-likeness (QED) is 0.778. The molecule has 2 N–H and O–H groups in total. The molecular weight excluding hydrogens is 317 g/mol. The standard InChI is InChI=1S/C14H21Cl2N3.ClH/c1-13(2)7-9(8-14(3,4)19-13)17-11-6-5-10(15)12(16)18-11;/h5-6,9,19H,7-8H2,1-4H3,(H,17,18);1H. The van der Waals surface area contributed by atoms with Crippen molar-refractivity contribution in [2.75, 3.05) is 5.32 Å². The molecule has 0 atom stereocenters. The summed E-state index contributed by atoms with van der Waals surface area (Å²) >= 11 is 11.8. The number of anilines is 1. The van der Waals surface area contributed by atoms with Crippen molar-refractivity contribution >= 4 is 41.4 Å². The molecule has 1 aromatic rings. The molecule has 0 saturated carbocycles. The van der Waals surface area contributed by atoms with Crippen LogP contribution in [0, 0.1) is 0 Å². The first kappa shape index (κ1) is 17.8. The molecule has 1 aliphatic heterocycles. The molecule has 0 aliphatic carbocycles. The van der Waals surface area contributed by atoms with Crippen LogP contribution in [-0.4, -0.2) is 22.1 Å². The van der Waals surface area contributed by atoms with Gasteiger partial charge in [-0.2, -0.15) is 0 Å². The lowest BCUT2D eigenvalue weighted by Crippen LogP contribution is -2.60. The average molecular weight is 339 g/mol. The predicted molar refractivity (Wildman–Crippen MR) is 89.4 cm³/mol. The van der Waals surface area contributed by atoms with Gasteiger partial charge in [-0.25, -0.2) is 4.98 Å². The molecule has 3 nitrogen and oxygen atoms in total. The molecule has 2 rings (SSSR count). The van der Waals surface area contributed by atoms with Gasteiger partial charge in [-0.1, -0.05) is 23.2 Å². The maximum Gasteiger partial charge on any atom is 0.150 e. The van der Waals surface area contributed by atoms with E-state index in [0.29, 0.717) is 16.2 Å². The lowest BCUT2D eigenvalue weighted by Gasteiger charge is -2.46. The van der Waals surface area contributed by atoms with Crippen LogP contribution in [0.1, 0.15) is 40.5 Å². The highest BCUT2D eigenvalue weighted by atomic mass is 35.5. The number of hydrogen-bond donors (Lipinski definition) is 2. The van der Waals surface area contributed by atoms with Gasteiger partial charge in [0.1, 0.15) is 11.0 Å². The summed E-state index contributed by atoms with van der Waals surface area (Å²) in [6.07, 6.45) is 2.08. The van der Waals surface area contributed by atoms with Crippen LogP contribution in [0.15, 0.2) is 12.1 Å². The summed E-state index contributed by atoms with van der Waals surface area (Å²) in [4.78, 5) is 4.26. The van der Waals surface area contributed by atoms with Crippen molar-refractivity contribution < 1.29 is 0 Å². The first-order valence-electron chi connectivity index (χ1n) is 6.55. The van der Waals surface area contributed by atoms with Crippen molar-refractivity contribution in [1.29, 1.82) is 0 Å². The van der Waals surface area contributed by atoms with E-state index < -0.39 is 0 Å². The number of pyridine rings is 1. The summed E-state index contributed by atoms with van der Waals surface area (Å²) in [7, 11) is 0. The zero-order chi connectivity index (χ0) is 14.3. The zero-order valence-electron chi connectivity index (χ0n) is 12.3. The number of rotatable bonds is 2. The number of aromatic nitrogens is 1. The largest absolute Gasteiger partial charge is 0.367 e. The molecule has 0 unspecified atom stereocenters. The normalized spacial score (nSPS) is 21.1. The average Bonchev–Trinajstić information content (AvgIpc) is 2.18. The molecule has 1 fully saturated rings. The maximum atomic E-state index is 5.95. The molecule has 1 saturated heterocycles. The first-order chi connectivity index (χ1) is 8.67. The van der Waals surface area contributed by atoms with Crippen molar-refractivity contribution in [1.82, 2.24) is 10.3 Å². The summed E-state index contributed by atoms with van der Waals surface area (Å²) in [5, 5.41) is 7.96. The van der Waals surface area contributed by atoms with Gasteiger partial charge in [0.15, 0.2) is 0 Å².